The Hall–Kier alpha value is -1.06. The second-order valence-corrected chi connectivity index (χ2v) is 5.40. The summed E-state index contributed by atoms with van der Waals surface area (Å²) in [5.41, 5.74) is 1.04. The van der Waals surface area contributed by atoms with E-state index in [2.05, 4.69) is 30.6 Å². The minimum atomic E-state index is 0.292. The summed E-state index contributed by atoms with van der Waals surface area (Å²) in [5, 5.41) is 9.91. The lowest BCUT2D eigenvalue weighted by Gasteiger charge is -2.40. The maximum absolute atomic E-state index is 9.91. The van der Waals surface area contributed by atoms with Gasteiger partial charge in [0.2, 0.25) is 0 Å². The van der Waals surface area contributed by atoms with Crippen LogP contribution < -0.4 is 0 Å². The van der Waals surface area contributed by atoms with Crippen LogP contribution in [0, 0.1) is 0 Å². The molecule has 1 aromatic rings. The van der Waals surface area contributed by atoms with E-state index >= 15 is 0 Å². The average molecular weight is 248 g/mol. The zero-order valence-corrected chi connectivity index (χ0v) is 11.6. The predicted molar refractivity (Wildman–Crippen MR) is 74.8 cm³/mol. The fourth-order valence-corrected chi connectivity index (χ4v) is 2.68. The van der Waals surface area contributed by atoms with Crippen molar-refractivity contribution in [2.45, 2.75) is 32.9 Å². The van der Waals surface area contributed by atoms with Crippen LogP contribution in [0.2, 0.25) is 0 Å². The molecule has 0 aromatic heterocycles. The molecule has 1 saturated heterocycles. The lowest BCUT2D eigenvalue weighted by molar-refractivity contribution is 0.0826. The number of rotatable bonds is 3. The fourth-order valence-electron chi connectivity index (χ4n) is 2.68. The number of piperazine rings is 1. The number of aromatic hydroxyl groups is 1. The first-order valence-corrected chi connectivity index (χ1v) is 6.85. The van der Waals surface area contributed by atoms with Crippen LogP contribution in [0.1, 0.15) is 32.4 Å². The molecule has 1 aliphatic heterocycles. The van der Waals surface area contributed by atoms with Crippen molar-refractivity contribution in [3.8, 4) is 5.75 Å². The van der Waals surface area contributed by atoms with Gasteiger partial charge in [-0.15, -0.1) is 0 Å². The van der Waals surface area contributed by atoms with E-state index in [1.165, 1.54) is 0 Å². The van der Waals surface area contributed by atoms with Gasteiger partial charge in [0, 0.05) is 43.8 Å². The molecular weight excluding hydrogens is 224 g/mol. The second-order valence-electron chi connectivity index (χ2n) is 5.40. The Balaban J connectivity index is 2.00. The number of hydrogen-bond donors (Lipinski definition) is 1. The van der Waals surface area contributed by atoms with E-state index in [4.69, 9.17) is 0 Å². The number of phenolic OH excluding ortho intramolecular Hbond substituents is 1. The summed E-state index contributed by atoms with van der Waals surface area (Å²) in [6.45, 7) is 11.1. The molecule has 0 radical (unpaired) electrons. The van der Waals surface area contributed by atoms with Gasteiger partial charge in [0.25, 0.3) is 0 Å². The van der Waals surface area contributed by atoms with Crippen molar-refractivity contribution in [3.05, 3.63) is 29.8 Å². The standard InChI is InChI=1S/C15H24N2O/c1-12(2)16-8-10-17(11-9-16)13(3)14-6-4-5-7-15(14)18/h4-7,12-13,18H,8-11H2,1-3H3. The van der Waals surface area contributed by atoms with E-state index in [9.17, 15) is 5.11 Å². The quantitative estimate of drug-likeness (QED) is 0.890. The minimum Gasteiger partial charge on any atom is -0.508 e. The Labute approximate surface area is 110 Å². The third-order valence-corrected chi connectivity index (χ3v) is 4.01. The number of nitrogens with zero attached hydrogens (tertiary/aromatic N) is 2. The molecule has 0 spiro atoms. The molecule has 3 heteroatoms. The summed E-state index contributed by atoms with van der Waals surface area (Å²) >= 11 is 0. The highest BCUT2D eigenvalue weighted by Crippen LogP contribution is 2.28. The van der Waals surface area contributed by atoms with Crippen molar-refractivity contribution in [2.75, 3.05) is 26.2 Å². The molecule has 0 saturated carbocycles. The zero-order valence-electron chi connectivity index (χ0n) is 11.6. The van der Waals surface area contributed by atoms with Gasteiger partial charge < -0.3 is 5.11 Å². The van der Waals surface area contributed by atoms with Gasteiger partial charge in [0.1, 0.15) is 5.75 Å². The number of hydrogen-bond acceptors (Lipinski definition) is 3. The van der Waals surface area contributed by atoms with Crippen molar-refractivity contribution in [1.82, 2.24) is 9.80 Å². The van der Waals surface area contributed by atoms with Gasteiger partial charge in [0.15, 0.2) is 0 Å². The highest BCUT2D eigenvalue weighted by atomic mass is 16.3. The van der Waals surface area contributed by atoms with Crippen molar-refractivity contribution in [2.24, 2.45) is 0 Å². The van der Waals surface area contributed by atoms with Crippen LogP contribution in [0.5, 0.6) is 5.75 Å². The van der Waals surface area contributed by atoms with Crippen LogP contribution in [0.4, 0.5) is 0 Å². The molecule has 18 heavy (non-hydrogen) atoms. The summed E-state index contributed by atoms with van der Waals surface area (Å²) < 4.78 is 0. The van der Waals surface area contributed by atoms with Crippen molar-refractivity contribution < 1.29 is 5.11 Å². The predicted octanol–water partition coefficient (Wildman–Crippen LogP) is 2.48. The van der Waals surface area contributed by atoms with Gasteiger partial charge in [-0.05, 0) is 26.8 Å². The largest absolute Gasteiger partial charge is 0.508 e. The Morgan fingerprint density at radius 1 is 0.944 bits per heavy atom. The molecule has 0 amide bonds. The topological polar surface area (TPSA) is 26.7 Å². The highest BCUT2D eigenvalue weighted by molar-refractivity contribution is 5.34. The third-order valence-electron chi connectivity index (χ3n) is 4.01. The van der Waals surface area contributed by atoms with E-state index in [0.717, 1.165) is 31.7 Å². The minimum absolute atomic E-state index is 0.292. The van der Waals surface area contributed by atoms with Crippen LogP contribution in [0.25, 0.3) is 0 Å². The maximum atomic E-state index is 9.91. The summed E-state index contributed by atoms with van der Waals surface area (Å²) in [7, 11) is 0. The molecule has 3 nitrogen and oxygen atoms in total. The molecule has 1 N–H and O–H groups in total. The van der Waals surface area contributed by atoms with Crippen LogP contribution >= 0.6 is 0 Å². The molecule has 1 aliphatic rings. The molecular formula is C15H24N2O. The number of para-hydroxylation sites is 1. The molecule has 1 unspecified atom stereocenters. The van der Waals surface area contributed by atoms with E-state index in [1.807, 2.05) is 18.2 Å². The first kappa shape index (κ1) is 13.4. The van der Waals surface area contributed by atoms with Crippen LogP contribution in [-0.2, 0) is 0 Å². The molecule has 1 heterocycles. The van der Waals surface area contributed by atoms with Gasteiger partial charge in [0.05, 0.1) is 0 Å². The highest BCUT2D eigenvalue weighted by Gasteiger charge is 2.24. The van der Waals surface area contributed by atoms with Crippen molar-refractivity contribution >= 4 is 0 Å². The zero-order chi connectivity index (χ0) is 13.1. The summed E-state index contributed by atoms with van der Waals surface area (Å²) in [5.74, 6) is 0.413. The molecule has 0 aliphatic carbocycles. The number of phenols is 1. The summed E-state index contributed by atoms with van der Waals surface area (Å²) in [6.07, 6.45) is 0. The molecule has 100 valence electrons. The van der Waals surface area contributed by atoms with Gasteiger partial charge >= 0.3 is 0 Å². The fraction of sp³-hybridized carbons (Fsp3) is 0.600. The van der Waals surface area contributed by atoms with Gasteiger partial charge in [-0.1, -0.05) is 18.2 Å². The van der Waals surface area contributed by atoms with Gasteiger partial charge in [-0.3, -0.25) is 9.80 Å². The lowest BCUT2D eigenvalue weighted by atomic mass is 10.0. The van der Waals surface area contributed by atoms with Gasteiger partial charge in [-0.2, -0.15) is 0 Å². The van der Waals surface area contributed by atoms with E-state index < -0.39 is 0 Å². The van der Waals surface area contributed by atoms with Crippen molar-refractivity contribution in [1.29, 1.82) is 0 Å². The third kappa shape index (κ3) is 2.85. The smallest absolute Gasteiger partial charge is 0.120 e. The first-order chi connectivity index (χ1) is 8.59. The van der Waals surface area contributed by atoms with E-state index in [-0.39, 0.29) is 0 Å². The molecule has 1 atom stereocenters. The Morgan fingerprint density at radius 3 is 2.06 bits per heavy atom. The maximum Gasteiger partial charge on any atom is 0.120 e. The Morgan fingerprint density at radius 2 is 1.50 bits per heavy atom. The molecule has 0 bridgehead atoms. The monoisotopic (exact) mass is 248 g/mol. The lowest BCUT2D eigenvalue weighted by Crippen LogP contribution is -2.49. The molecule has 1 aromatic carbocycles. The van der Waals surface area contributed by atoms with Crippen LogP contribution in [-0.4, -0.2) is 47.1 Å². The number of benzene rings is 1. The SMILES string of the molecule is CC(C)N1CCN(C(C)c2ccccc2O)CC1. The van der Waals surface area contributed by atoms with E-state index in [1.54, 1.807) is 6.07 Å². The first-order valence-electron chi connectivity index (χ1n) is 6.85. The second kappa shape index (κ2) is 5.72. The molecule has 2 rings (SSSR count). The average Bonchev–Trinajstić information content (AvgIpc) is 2.38. The van der Waals surface area contributed by atoms with Gasteiger partial charge in [-0.25, -0.2) is 0 Å². The van der Waals surface area contributed by atoms with Crippen LogP contribution in [0.15, 0.2) is 24.3 Å². The summed E-state index contributed by atoms with van der Waals surface area (Å²) in [4.78, 5) is 4.96. The molecule has 1 fully saturated rings. The van der Waals surface area contributed by atoms with Crippen LogP contribution in [0.3, 0.4) is 0 Å². The van der Waals surface area contributed by atoms with Crippen molar-refractivity contribution in [3.63, 3.8) is 0 Å². The normalized spacial score (nSPS) is 20.2. The summed E-state index contributed by atoms with van der Waals surface area (Å²) in [6, 6.07) is 8.59. The Bertz CT molecular complexity index is 384. The Kier molecular flexibility index (Phi) is 4.25. The van der Waals surface area contributed by atoms with E-state index in [0.29, 0.717) is 17.8 Å².